The highest BCUT2D eigenvalue weighted by molar-refractivity contribution is 7.23. The van der Waals surface area contributed by atoms with E-state index in [1.54, 1.807) is 34.0 Å². The first kappa shape index (κ1) is 19.4. The molecule has 29 heavy (non-hydrogen) atoms. The Balaban J connectivity index is 1.63. The predicted octanol–water partition coefficient (Wildman–Crippen LogP) is 7.01. The van der Waals surface area contributed by atoms with E-state index in [2.05, 4.69) is 18.2 Å². The van der Waals surface area contributed by atoms with Crippen molar-refractivity contribution in [2.24, 2.45) is 5.73 Å². The molecule has 0 atom stereocenters. The van der Waals surface area contributed by atoms with Gasteiger partial charge in [0.2, 0.25) is 0 Å². The number of rotatable bonds is 5. The summed E-state index contributed by atoms with van der Waals surface area (Å²) in [5, 5.41) is 22.9. The van der Waals surface area contributed by atoms with Crippen molar-refractivity contribution in [2.45, 2.75) is 0 Å². The molecular weight excluding hydrogens is 435 g/mol. The lowest BCUT2D eigenvalue weighted by Gasteiger charge is -2.01. The molecule has 0 radical (unpaired) electrons. The summed E-state index contributed by atoms with van der Waals surface area (Å²) in [4.78, 5) is 5.95. The fourth-order valence-electron chi connectivity index (χ4n) is 2.70. The Labute approximate surface area is 184 Å². The fourth-order valence-corrected chi connectivity index (χ4v) is 6.14. The molecule has 0 saturated carbocycles. The monoisotopic (exact) mass is 447 g/mol. The van der Waals surface area contributed by atoms with Crippen LogP contribution in [0.1, 0.15) is 19.5 Å². The predicted molar refractivity (Wildman–Crippen MR) is 126 cm³/mol. The molecule has 0 aliphatic carbocycles. The van der Waals surface area contributed by atoms with Crippen LogP contribution in [0.4, 0.5) is 0 Å². The summed E-state index contributed by atoms with van der Waals surface area (Å²) < 4.78 is 0. The normalized spacial score (nSPS) is 12.3. The lowest BCUT2D eigenvalue weighted by atomic mass is 10.1. The molecule has 4 rings (SSSR count). The average Bonchev–Trinajstić information content (AvgIpc) is 3.53. The van der Waals surface area contributed by atoms with E-state index >= 15 is 0 Å². The van der Waals surface area contributed by atoms with Crippen molar-refractivity contribution >= 4 is 68.3 Å². The minimum atomic E-state index is 0.507. The van der Waals surface area contributed by atoms with Gasteiger partial charge in [0.15, 0.2) is 0 Å². The number of nitrogens with two attached hydrogens (primary N) is 1. The summed E-state index contributed by atoms with van der Waals surface area (Å²) in [5.74, 6) is 0. The minimum Gasteiger partial charge on any atom is -0.396 e. The van der Waals surface area contributed by atoms with Crippen LogP contribution in [0.5, 0.6) is 0 Å². The molecule has 4 aromatic heterocycles. The van der Waals surface area contributed by atoms with Gasteiger partial charge in [-0.3, -0.25) is 0 Å². The second-order valence-electron chi connectivity index (χ2n) is 5.89. The lowest BCUT2D eigenvalue weighted by molar-refractivity contribution is 1.52. The van der Waals surface area contributed by atoms with Crippen molar-refractivity contribution in [1.29, 1.82) is 10.5 Å². The Morgan fingerprint density at radius 3 is 2.14 bits per heavy atom. The fraction of sp³-hybridized carbons (Fsp3) is 0. The molecule has 0 aliphatic rings. The molecule has 0 bridgehead atoms. The smallest absolute Gasteiger partial charge is 0.103 e. The van der Waals surface area contributed by atoms with Crippen molar-refractivity contribution in [3.05, 3.63) is 78.8 Å². The van der Waals surface area contributed by atoms with Gasteiger partial charge in [-0.25, -0.2) is 0 Å². The van der Waals surface area contributed by atoms with E-state index < -0.39 is 0 Å². The van der Waals surface area contributed by atoms with E-state index in [9.17, 15) is 10.5 Å². The molecule has 0 saturated heterocycles. The van der Waals surface area contributed by atoms with E-state index in [0.717, 1.165) is 29.3 Å². The summed E-state index contributed by atoms with van der Waals surface area (Å²) in [7, 11) is 0. The number of hydrogen-bond donors (Lipinski definition) is 1. The van der Waals surface area contributed by atoms with Gasteiger partial charge in [0.05, 0.1) is 21.7 Å². The zero-order chi connectivity index (χ0) is 20.2. The second-order valence-corrected chi connectivity index (χ2v) is 9.99. The molecule has 0 aliphatic heterocycles. The highest BCUT2D eigenvalue weighted by Crippen LogP contribution is 2.38. The van der Waals surface area contributed by atoms with Crippen LogP contribution in [0, 0.1) is 22.7 Å². The van der Waals surface area contributed by atoms with E-state index in [1.165, 1.54) is 11.3 Å². The SMILES string of the molecule is N#C/C(=C(/N)c1ccc(-c2ccc(/C=C(\C#N)c3cccs3)s2)s1)c1cccs1. The number of hydrogen-bond acceptors (Lipinski definition) is 7. The van der Waals surface area contributed by atoms with Crippen LogP contribution in [-0.2, 0) is 0 Å². The van der Waals surface area contributed by atoms with E-state index in [0.29, 0.717) is 16.8 Å². The molecule has 2 N–H and O–H groups in total. The molecule has 3 nitrogen and oxygen atoms in total. The van der Waals surface area contributed by atoms with Crippen LogP contribution >= 0.6 is 45.3 Å². The Morgan fingerprint density at radius 1 is 0.793 bits per heavy atom. The van der Waals surface area contributed by atoms with Crippen molar-refractivity contribution in [1.82, 2.24) is 0 Å². The maximum Gasteiger partial charge on any atom is 0.103 e. The largest absolute Gasteiger partial charge is 0.396 e. The Hall–Kier alpha value is -2.94. The average molecular weight is 448 g/mol. The van der Waals surface area contributed by atoms with Gasteiger partial charge in [-0.15, -0.1) is 45.3 Å². The molecular formula is C22H13N3S4. The minimum absolute atomic E-state index is 0.507. The van der Waals surface area contributed by atoms with E-state index in [-0.39, 0.29) is 0 Å². The maximum absolute atomic E-state index is 9.54. The summed E-state index contributed by atoms with van der Waals surface area (Å²) >= 11 is 6.27. The highest BCUT2D eigenvalue weighted by Gasteiger charge is 2.13. The van der Waals surface area contributed by atoms with Crippen LogP contribution < -0.4 is 5.73 Å². The molecule has 4 aromatic rings. The van der Waals surface area contributed by atoms with Gasteiger partial charge in [0.1, 0.15) is 12.1 Å². The van der Waals surface area contributed by atoms with Crippen molar-refractivity contribution in [3.63, 3.8) is 0 Å². The maximum atomic E-state index is 9.54. The zero-order valence-electron chi connectivity index (χ0n) is 15.0. The van der Waals surface area contributed by atoms with Gasteiger partial charge >= 0.3 is 0 Å². The summed E-state index contributed by atoms with van der Waals surface area (Å²) in [6.45, 7) is 0. The topological polar surface area (TPSA) is 73.6 Å². The molecule has 0 fully saturated rings. The molecule has 0 unspecified atom stereocenters. The van der Waals surface area contributed by atoms with Gasteiger partial charge in [-0.1, -0.05) is 12.1 Å². The van der Waals surface area contributed by atoms with Crippen LogP contribution in [-0.4, -0.2) is 0 Å². The Kier molecular flexibility index (Phi) is 5.75. The molecule has 140 valence electrons. The van der Waals surface area contributed by atoms with Crippen molar-refractivity contribution in [2.75, 3.05) is 0 Å². The number of thiophene rings is 4. The third kappa shape index (κ3) is 4.09. The number of nitriles is 2. The second kappa shape index (κ2) is 8.60. The molecule has 0 aromatic carbocycles. The lowest BCUT2D eigenvalue weighted by Crippen LogP contribution is -1.97. The summed E-state index contributed by atoms with van der Waals surface area (Å²) in [6.07, 6.45) is 1.92. The zero-order valence-corrected chi connectivity index (χ0v) is 18.2. The summed E-state index contributed by atoms with van der Waals surface area (Å²) in [5.41, 5.74) is 8.00. The van der Waals surface area contributed by atoms with Gasteiger partial charge in [0, 0.05) is 24.4 Å². The first-order valence-corrected chi connectivity index (χ1v) is 11.9. The van der Waals surface area contributed by atoms with Crippen molar-refractivity contribution < 1.29 is 0 Å². The third-order valence-corrected chi connectivity index (χ3v) is 8.22. The molecule has 0 amide bonds. The van der Waals surface area contributed by atoms with Gasteiger partial charge < -0.3 is 5.73 Å². The first-order valence-electron chi connectivity index (χ1n) is 8.49. The van der Waals surface area contributed by atoms with Crippen LogP contribution in [0.15, 0.2) is 59.3 Å². The van der Waals surface area contributed by atoms with Crippen molar-refractivity contribution in [3.8, 4) is 21.9 Å². The van der Waals surface area contributed by atoms with Gasteiger partial charge in [-0.05, 0) is 53.2 Å². The van der Waals surface area contributed by atoms with Gasteiger partial charge in [0.25, 0.3) is 0 Å². The van der Waals surface area contributed by atoms with E-state index in [1.807, 2.05) is 59.3 Å². The molecule has 4 heterocycles. The highest BCUT2D eigenvalue weighted by atomic mass is 32.1. The summed E-state index contributed by atoms with van der Waals surface area (Å²) in [6, 6.07) is 20.3. The standard InChI is InChI=1S/C22H13N3S4/c23-12-14(17-3-1-9-26-17)11-15-5-6-19(28-15)20-7-8-21(29-20)22(25)16(13-24)18-4-2-10-27-18/h1-11H,25H2/b14-11+,22-16-. The number of nitrogens with zero attached hydrogens (tertiary/aromatic N) is 2. The van der Waals surface area contributed by atoms with Crippen LogP contribution in [0.3, 0.4) is 0 Å². The van der Waals surface area contributed by atoms with Gasteiger partial charge in [-0.2, -0.15) is 10.5 Å². The Morgan fingerprint density at radius 2 is 1.48 bits per heavy atom. The molecule has 0 spiro atoms. The molecule has 7 heteroatoms. The third-order valence-electron chi connectivity index (χ3n) is 4.08. The number of allylic oxidation sites excluding steroid dienone is 2. The quantitative estimate of drug-likeness (QED) is 0.334. The van der Waals surface area contributed by atoms with Crippen LogP contribution in [0.25, 0.3) is 32.7 Å². The van der Waals surface area contributed by atoms with Crippen LogP contribution in [0.2, 0.25) is 0 Å². The van der Waals surface area contributed by atoms with E-state index in [4.69, 9.17) is 5.73 Å². The Bertz CT molecular complexity index is 1270. The first-order chi connectivity index (χ1) is 14.2.